The lowest BCUT2D eigenvalue weighted by Gasteiger charge is -2.31. The van der Waals surface area contributed by atoms with Crippen molar-refractivity contribution in [2.75, 3.05) is 19.6 Å². The van der Waals surface area contributed by atoms with Crippen LogP contribution in [0.3, 0.4) is 0 Å². The highest BCUT2D eigenvalue weighted by Crippen LogP contribution is 2.19. The van der Waals surface area contributed by atoms with Crippen LogP contribution in [0.1, 0.15) is 32.3 Å². The van der Waals surface area contributed by atoms with E-state index >= 15 is 0 Å². The molecule has 1 amide bonds. The third-order valence-electron chi connectivity index (χ3n) is 5.14. The van der Waals surface area contributed by atoms with Crippen LogP contribution >= 0.6 is 0 Å². The van der Waals surface area contributed by atoms with E-state index in [-0.39, 0.29) is 5.91 Å². The summed E-state index contributed by atoms with van der Waals surface area (Å²) in [5, 5.41) is 3.22. The minimum absolute atomic E-state index is 0.130. The van der Waals surface area contributed by atoms with Gasteiger partial charge in [0.25, 0.3) is 0 Å². The molecule has 142 valence electrons. The number of allylic oxidation sites excluding steroid dienone is 1. The average Bonchev–Trinajstić information content (AvgIpc) is 2.68. The highest BCUT2D eigenvalue weighted by molar-refractivity contribution is 5.79. The molecule has 2 aromatic rings. The molecule has 1 heterocycles. The molecule has 27 heavy (non-hydrogen) atoms. The number of carbonyl (C=O) groups excluding carboxylic acids is 1. The standard InChI is InChI=1S/C24H30N2O/c1-19(2)12-15-26-16-13-23(14-17-26)25-24(27)18-20-8-10-22(11-9-20)21-6-4-3-5-7-21/h3-12,23H,13-18H2,1-2H3,(H,25,27). The average molecular weight is 363 g/mol. The highest BCUT2D eigenvalue weighted by atomic mass is 16.1. The van der Waals surface area contributed by atoms with Crippen LogP contribution in [0.25, 0.3) is 11.1 Å². The summed E-state index contributed by atoms with van der Waals surface area (Å²) in [5.41, 5.74) is 4.81. The number of rotatable bonds is 6. The van der Waals surface area contributed by atoms with Gasteiger partial charge in [-0.1, -0.05) is 66.2 Å². The molecule has 1 aliphatic heterocycles. The van der Waals surface area contributed by atoms with Gasteiger partial charge in [0.1, 0.15) is 0 Å². The van der Waals surface area contributed by atoms with Crippen LogP contribution in [0, 0.1) is 0 Å². The number of carbonyl (C=O) groups is 1. The molecule has 0 radical (unpaired) electrons. The van der Waals surface area contributed by atoms with Crippen LogP contribution < -0.4 is 5.32 Å². The summed E-state index contributed by atoms with van der Waals surface area (Å²) in [4.78, 5) is 14.9. The molecule has 0 aromatic heterocycles. The summed E-state index contributed by atoms with van der Waals surface area (Å²) in [6.45, 7) is 7.41. The van der Waals surface area contributed by atoms with Crippen molar-refractivity contribution in [3.63, 3.8) is 0 Å². The summed E-state index contributed by atoms with van der Waals surface area (Å²) < 4.78 is 0. The first-order chi connectivity index (χ1) is 13.1. The number of nitrogens with one attached hydrogen (secondary N) is 1. The zero-order valence-corrected chi connectivity index (χ0v) is 16.4. The molecule has 1 saturated heterocycles. The van der Waals surface area contributed by atoms with Crippen LogP contribution in [0.5, 0.6) is 0 Å². The Morgan fingerprint density at radius 3 is 2.26 bits per heavy atom. The third-order valence-corrected chi connectivity index (χ3v) is 5.14. The van der Waals surface area contributed by atoms with Gasteiger partial charge in [-0.05, 0) is 43.4 Å². The minimum atomic E-state index is 0.130. The molecule has 0 bridgehead atoms. The molecule has 3 nitrogen and oxygen atoms in total. The number of amides is 1. The maximum atomic E-state index is 12.4. The van der Waals surface area contributed by atoms with Crippen molar-refractivity contribution < 1.29 is 4.79 Å². The van der Waals surface area contributed by atoms with Gasteiger partial charge in [0, 0.05) is 25.7 Å². The van der Waals surface area contributed by atoms with Gasteiger partial charge in [0.2, 0.25) is 5.91 Å². The quantitative estimate of drug-likeness (QED) is 0.771. The first-order valence-corrected chi connectivity index (χ1v) is 9.89. The van der Waals surface area contributed by atoms with Gasteiger partial charge >= 0.3 is 0 Å². The van der Waals surface area contributed by atoms with Gasteiger partial charge in [0.15, 0.2) is 0 Å². The van der Waals surface area contributed by atoms with Crippen LogP contribution in [0.15, 0.2) is 66.2 Å². The Labute approximate surface area is 163 Å². The zero-order chi connectivity index (χ0) is 19.1. The van der Waals surface area contributed by atoms with Gasteiger partial charge in [-0.15, -0.1) is 0 Å². The first kappa shape index (κ1) is 19.4. The van der Waals surface area contributed by atoms with Gasteiger partial charge < -0.3 is 5.32 Å². The van der Waals surface area contributed by atoms with Crippen molar-refractivity contribution in [3.05, 3.63) is 71.8 Å². The topological polar surface area (TPSA) is 32.3 Å². The number of likely N-dealkylation sites (tertiary alicyclic amines) is 1. The molecule has 0 atom stereocenters. The van der Waals surface area contributed by atoms with Crippen LogP contribution in [0.2, 0.25) is 0 Å². The summed E-state index contributed by atoms with van der Waals surface area (Å²) in [7, 11) is 0. The number of nitrogens with zero attached hydrogens (tertiary/aromatic N) is 1. The molecule has 0 aliphatic carbocycles. The maximum Gasteiger partial charge on any atom is 0.224 e. The summed E-state index contributed by atoms with van der Waals surface area (Å²) >= 11 is 0. The summed E-state index contributed by atoms with van der Waals surface area (Å²) in [6.07, 6.45) is 4.80. The molecular formula is C24H30N2O. The largest absolute Gasteiger partial charge is 0.353 e. The van der Waals surface area contributed by atoms with E-state index in [4.69, 9.17) is 0 Å². The van der Waals surface area contributed by atoms with E-state index in [9.17, 15) is 4.79 Å². The van der Waals surface area contributed by atoms with Gasteiger partial charge in [0.05, 0.1) is 6.42 Å². The van der Waals surface area contributed by atoms with E-state index in [2.05, 4.69) is 66.5 Å². The van der Waals surface area contributed by atoms with E-state index in [1.807, 2.05) is 18.2 Å². The predicted molar refractivity (Wildman–Crippen MR) is 113 cm³/mol. The number of hydrogen-bond acceptors (Lipinski definition) is 2. The van der Waals surface area contributed by atoms with E-state index in [1.54, 1.807) is 0 Å². The molecule has 3 heteroatoms. The van der Waals surface area contributed by atoms with Crippen molar-refractivity contribution in [2.45, 2.75) is 39.2 Å². The normalized spacial score (nSPS) is 15.3. The fourth-order valence-corrected chi connectivity index (χ4v) is 3.48. The van der Waals surface area contributed by atoms with E-state index in [0.717, 1.165) is 38.0 Å². The SMILES string of the molecule is CC(C)=CCN1CCC(NC(=O)Cc2ccc(-c3ccccc3)cc2)CC1. The van der Waals surface area contributed by atoms with Crippen molar-refractivity contribution in [1.29, 1.82) is 0 Å². The molecule has 0 saturated carbocycles. The van der Waals surface area contributed by atoms with Crippen LogP contribution in [-0.2, 0) is 11.2 Å². The molecule has 0 unspecified atom stereocenters. The Morgan fingerprint density at radius 1 is 1.00 bits per heavy atom. The monoisotopic (exact) mass is 362 g/mol. The number of hydrogen-bond donors (Lipinski definition) is 1. The van der Waals surface area contributed by atoms with E-state index in [1.165, 1.54) is 16.7 Å². The fourth-order valence-electron chi connectivity index (χ4n) is 3.48. The predicted octanol–water partition coefficient (Wildman–Crippen LogP) is 4.44. The van der Waals surface area contributed by atoms with Crippen LogP contribution in [0.4, 0.5) is 0 Å². The second kappa shape index (κ2) is 9.52. The van der Waals surface area contributed by atoms with Crippen molar-refractivity contribution in [2.24, 2.45) is 0 Å². The maximum absolute atomic E-state index is 12.4. The Bertz CT molecular complexity index is 753. The molecule has 1 fully saturated rings. The zero-order valence-electron chi connectivity index (χ0n) is 16.4. The van der Waals surface area contributed by atoms with Gasteiger partial charge in [-0.2, -0.15) is 0 Å². The lowest BCUT2D eigenvalue weighted by molar-refractivity contribution is -0.121. The molecule has 1 N–H and O–H groups in total. The van der Waals surface area contributed by atoms with Gasteiger partial charge in [-0.3, -0.25) is 9.69 Å². The Morgan fingerprint density at radius 2 is 1.63 bits per heavy atom. The molecule has 1 aliphatic rings. The van der Waals surface area contributed by atoms with E-state index < -0.39 is 0 Å². The second-order valence-electron chi connectivity index (χ2n) is 7.66. The van der Waals surface area contributed by atoms with E-state index in [0.29, 0.717) is 12.5 Å². The second-order valence-corrected chi connectivity index (χ2v) is 7.66. The number of benzene rings is 2. The first-order valence-electron chi connectivity index (χ1n) is 9.89. The van der Waals surface area contributed by atoms with Crippen molar-refractivity contribution >= 4 is 5.91 Å². The minimum Gasteiger partial charge on any atom is -0.353 e. The lowest BCUT2D eigenvalue weighted by atomic mass is 10.0. The lowest BCUT2D eigenvalue weighted by Crippen LogP contribution is -2.45. The Kier molecular flexibility index (Phi) is 6.83. The van der Waals surface area contributed by atoms with Crippen molar-refractivity contribution in [1.82, 2.24) is 10.2 Å². The number of piperidine rings is 1. The Balaban J connectivity index is 1.45. The third kappa shape index (κ3) is 6.07. The summed E-state index contributed by atoms with van der Waals surface area (Å²) in [6, 6.07) is 18.9. The molecular weight excluding hydrogens is 332 g/mol. The molecule has 3 rings (SSSR count). The smallest absolute Gasteiger partial charge is 0.224 e. The molecule has 0 spiro atoms. The Hall–Kier alpha value is -2.39. The molecule has 2 aromatic carbocycles. The van der Waals surface area contributed by atoms with Crippen LogP contribution in [-0.4, -0.2) is 36.5 Å². The highest BCUT2D eigenvalue weighted by Gasteiger charge is 2.20. The fraction of sp³-hybridized carbons (Fsp3) is 0.375. The van der Waals surface area contributed by atoms with Crippen molar-refractivity contribution in [3.8, 4) is 11.1 Å². The van der Waals surface area contributed by atoms with Gasteiger partial charge in [-0.25, -0.2) is 0 Å². The summed E-state index contributed by atoms with van der Waals surface area (Å²) in [5.74, 6) is 0.130.